The lowest BCUT2D eigenvalue weighted by molar-refractivity contribution is 0.0955. The molecule has 0 unspecified atom stereocenters. The van der Waals surface area contributed by atoms with Crippen molar-refractivity contribution in [2.45, 2.75) is 20.1 Å². The first-order chi connectivity index (χ1) is 19.5. The van der Waals surface area contributed by atoms with E-state index in [2.05, 4.69) is 26.5 Å². The highest BCUT2D eigenvalue weighted by molar-refractivity contribution is 9.10. The minimum absolute atomic E-state index is 0.228. The van der Waals surface area contributed by atoms with Crippen LogP contribution in [0.25, 0.3) is 0 Å². The Kier molecular flexibility index (Phi) is 10.4. The molecule has 0 saturated heterocycles. The van der Waals surface area contributed by atoms with Gasteiger partial charge >= 0.3 is 0 Å². The average molecular weight is 624 g/mol. The summed E-state index contributed by atoms with van der Waals surface area (Å²) in [7, 11) is 1.60. The van der Waals surface area contributed by atoms with Gasteiger partial charge in [0.1, 0.15) is 13.2 Å². The van der Waals surface area contributed by atoms with E-state index in [1.807, 2.05) is 55.5 Å². The summed E-state index contributed by atoms with van der Waals surface area (Å²) in [5.41, 5.74) is 5.57. The van der Waals surface area contributed by atoms with E-state index in [4.69, 9.17) is 30.5 Å². The second-order valence-electron chi connectivity index (χ2n) is 8.52. The van der Waals surface area contributed by atoms with Crippen LogP contribution in [-0.4, -0.2) is 25.8 Å². The van der Waals surface area contributed by atoms with E-state index in [-0.39, 0.29) is 12.5 Å². The number of nitrogens with zero attached hydrogens (tertiary/aromatic N) is 1. The number of nitrogens with one attached hydrogen (secondary N) is 1. The highest BCUT2D eigenvalue weighted by atomic mass is 79.9. The first-order valence-corrected chi connectivity index (χ1v) is 13.7. The van der Waals surface area contributed by atoms with Crippen molar-refractivity contribution in [1.29, 1.82) is 0 Å². The van der Waals surface area contributed by atoms with Crippen LogP contribution in [0.5, 0.6) is 23.0 Å². The van der Waals surface area contributed by atoms with Gasteiger partial charge in [-0.05, 0) is 72.1 Å². The number of carbonyl (C=O) groups excluding carboxylic acids is 1. The molecular weight excluding hydrogens is 596 g/mol. The number of methoxy groups -OCH3 is 1. The van der Waals surface area contributed by atoms with Gasteiger partial charge in [0.2, 0.25) is 0 Å². The molecule has 40 heavy (non-hydrogen) atoms. The molecule has 0 aliphatic heterocycles. The van der Waals surface area contributed by atoms with Crippen molar-refractivity contribution < 1.29 is 23.7 Å². The molecule has 0 aliphatic rings. The first kappa shape index (κ1) is 29.0. The van der Waals surface area contributed by atoms with E-state index in [1.54, 1.807) is 43.5 Å². The van der Waals surface area contributed by atoms with E-state index < -0.39 is 0 Å². The molecular formula is C31H28BrClN2O5. The predicted octanol–water partition coefficient (Wildman–Crippen LogP) is 7.43. The monoisotopic (exact) mass is 622 g/mol. The van der Waals surface area contributed by atoms with Gasteiger partial charge in [0.25, 0.3) is 5.91 Å². The quantitative estimate of drug-likeness (QED) is 0.131. The van der Waals surface area contributed by atoms with Gasteiger partial charge in [0.05, 0.1) is 25.0 Å². The van der Waals surface area contributed by atoms with Crippen molar-refractivity contribution in [3.8, 4) is 23.0 Å². The van der Waals surface area contributed by atoms with Gasteiger partial charge in [0.15, 0.2) is 23.0 Å². The molecule has 0 atom stereocenters. The Labute approximate surface area is 246 Å². The van der Waals surface area contributed by atoms with E-state index in [0.717, 1.165) is 15.6 Å². The van der Waals surface area contributed by atoms with Crippen molar-refractivity contribution in [2.75, 3.05) is 13.7 Å². The number of benzene rings is 4. The topological polar surface area (TPSA) is 78.4 Å². The predicted molar refractivity (Wildman–Crippen MR) is 160 cm³/mol. The van der Waals surface area contributed by atoms with E-state index >= 15 is 0 Å². The first-order valence-electron chi connectivity index (χ1n) is 12.5. The third-order valence-corrected chi connectivity index (χ3v) is 6.48. The van der Waals surface area contributed by atoms with E-state index in [9.17, 15) is 4.79 Å². The number of carbonyl (C=O) groups is 1. The number of ether oxygens (including phenoxy) is 4. The fraction of sp³-hybridized carbons (Fsp3) is 0.161. The van der Waals surface area contributed by atoms with Crippen LogP contribution >= 0.6 is 27.5 Å². The van der Waals surface area contributed by atoms with Crippen LogP contribution in [0.3, 0.4) is 0 Å². The number of halogens is 2. The average Bonchev–Trinajstić information content (AvgIpc) is 2.97. The van der Waals surface area contributed by atoms with Gasteiger partial charge in [-0.3, -0.25) is 4.79 Å². The molecule has 0 aromatic heterocycles. The SMILES string of the molecule is CCOc1cc(/C=N/NC(=O)c2ccc(Br)cc2)cc(Cl)c1OCc1ccc(OCc2ccccc2)c(OC)c1. The molecule has 4 aromatic carbocycles. The van der Waals surface area contributed by atoms with Gasteiger partial charge in [0, 0.05) is 10.0 Å². The lowest BCUT2D eigenvalue weighted by Gasteiger charge is -2.16. The van der Waals surface area contributed by atoms with Gasteiger partial charge < -0.3 is 18.9 Å². The van der Waals surface area contributed by atoms with Crippen LogP contribution < -0.4 is 24.4 Å². The standard InChI is InChI=1S/C31H28BrClN2O5/c1-3-38-29-17-23(18-34-35-31(36)24-10-12-25(32)13-11-24)15-26(33)30(29)40-20-22-9-14-27(28(16-22)37-2)39-19-21-7-5-4-6-8-21/h4-18H,3,19-20H2,1-2H3,(H,35,36)/b34-18+. The minimum atomic E-state index is -0.327. The Morgan fingerprint density at radius 2 is 1.62 bits per heavy atom. The Morgan fingerprint density at radius 3 is 2.35 bits per heavy atom. The minimum Gasteiger partial charge on any atom is -0.493 e. The number of rotatable bonds is 12. The van der Waals surface area contributed by atoms with Gasteiger partial charge in [-0.25, -0.2) is 5.43 Å². The Hall–Kier alpha value is -4.01. The number of amides is 1. The Balaban J connectivity index is 1.42. The molecule has 4 rings (SSSR count). The third kappa shape index (κ3) is 8.00. The van der Waals surface area contributed by atoms with Crippen LogP contribution in [0.15, 0.2) is 94.5 Å². The molecule has 0 spiro atoms. The third-order valence-electron chi connectivity index (χ3n) is 5.67. The molecule has 0 fully saturated rings. The fourth-order valence-electron chi connectivity index (χ4n) is 3.71. The van der Waals surface area contributed by atoms with E-state index in [0.29, 0.717) is 52.4 Å². The van der Waals surface area contributed by atoms with Crippen molar-refractivity contribution in [3.05, 3.63) is 117 Å². The second kappa shape index (κ2) is 14.4. The molecule has 0 saturated carbocycles. The Bertz CT molecular complexity index is 1460. The number of hydrogen-bond acceptors (Lipinski definition) is 6. The van der Waals surface area contributed by atoms with Gasteiger partial charge in [-0.1, -0.05) is 63.9 Å². The largest absolute Gasteiger partial charge is 0.493 e. The van der Waals surface area contributed by atoms with Crippen LogP contribution in [0.1, 0.15) is 34.0 Å². The molecule has 0 aliphatic carbocycles. The summed E-state index contributed by atoms with van der Waals surface area (Å²) < 4.78 is 24.2. The maximum Gasteiger partial charge on any atom is 0.271 e. The van der Waals surface area contributed by atoms with Crippen LogP contribution in [0, 0.1) is 0 Å². The highest BCUT2D eigenvalue weighted by Crippen LogP contribution is 2.37. The molecule has 0 radical (unpaired) electrons. The van der Waals surface area contributed by atoms with Crippen molar-refractivity contribution >= 4 is 39.7 Å². The summed E-state index contributed by atoms with van der Waals surface area (Å²) in [6.45, 7) is 2.94. The van der Waals surface area contributed by atoms with Crippen LogP contribution in [0.4, 0.5) is 0 Å². The zero-order valence-corrected chi connectivity index (χ0v) is 24.4. The molecule has 0 heterocycles. The highest BCUT2D eigenvalue weighted by Gasteiger charge is 2.14. The maximum atomic E-state index is 12.3. The summed E-state index contributed by atoms with van der Waals surface area (Å²) in [5, 5.41) is 4.40. The van der Waals surface area contributed by atoms with E-state index in [1.165, 1.54) is 6.21 Å². The summed E-state index contributed by atoms with van der Waals surface area (Å²) in [4.78, 5) is 12.3. The summed E-state index contributed by atoms with van der Waals surface area (Å²) in [6, 6.07) is 26.0. The number of hydrogen-bond donors (Lipinski definition) is 1. The summed E-state index contributed by atoms with van der Waals surface area (Å²) in [5.74, 6) is 1.78. The molecule has 9 heteroatoms. The zero-order valence-electron chi connectivity index (χ0n) is 22.0. The zero-order chi connectivity index (χ0) is 28.3. The van der Waals surface area contributed by atoms with Crippen LogP contribution in [-0.2, 0) is 13.2 Å². The van der Waals surface area contributed by atoms with Crippen molar-refractivity contribution in [2.24, 2.45) is 5.10 Å². The van der Waals surface area contributed by atoms with Crippen LogP contribution in [0.2, 0.25) is 5.02 Å². The smallest absolute Gasteiger partial charge is 0.271 e. The summed E-state index contributed by atoms with van der Waals surface area (Å²) >= 11 is 9.92. The Morgan fingerprint density at radius 1 is 0.875 bits per heavy atom. The molecule has 1 amide bonds. The lowest BCUT2D eigenvalue weighted by atomic mass is 10.2. The molecule has 4 aromatic rings. The van der Waals surface area contributed by atoms with Gasteiger partial charge in [-0.15, -0.1) is 0 Å². The molecule has 1 N–H and O–H groups in total. The fourth-order valence-corrected chi connectivity index (χ4v) is 4.25. The van der Waals surface area contributed by atoms with Crippen molar-refractivity contribution in [3.63, 3.8) is 0 Å². The normalized spacial score (nSPS) is 10.8. The number of hydrazone groups is 1. The van der Waals surface area contributed by atoms with Crippen molar-refractivity contribution in [1.82, 2.24) is 5.43 Å². The molecule has 0 bridgehead atoms. The maximum absolute atomic E-state index is 12.3. The summed E-state index contributed by atoms with van der Waals surface area (Å²) in [6.07, 6.45) is 1.49. The molecule has 7 nitrogen and oxygen atoms in total. The second-order valence-corrected chi connectivity index (χ2v) is 9.84. The lowest BCUT2D eigenvalue weighted by Crippen LogP contribution is -2.17. The van der Waals surface area contributed by atoms with Gasteiger partial charge in [-0.2, -0.15) is 5.10 Å². The molecule has 206 valence electrons.